The van der Waals surface area contributed by atoms with Crippen molar-refractivity contribution in [2.24, 2.45) is 5.73 Å². The number of carboxylic acids is 1. The van der Waals surface area contributed by atoms with Crippen LogP contribution in [0.1, 0.15) is 6.42 Å². The first-order valence-corrected chi connectivity index (χ1v) is 7.79. The van der Waals surface area contributed by atoms with E-state index >= 15 is 0 Å². The summed E-state index contributed by atoms with van der Waals surface area (Å²) in [7, 11) is 0. The van der Waals surface area contributed by atoms with Crippen LogP contribution in [-0.4, -0.2) is 47.0 Å². The van der Waals surface area contributed by atoms with Gasteiger partial charge >= 0.3 is 5.97 Å². The number of amides is 2. The summed E-state index contributed by atoms with van der Waals surface area (Å²) in [5.41, 5.74) is 5.86. The molecular formula is C14H16N2O5S. The third kappa shape index (κ3) is 3.91. The van der Waals surface area contributed by atoms with Crippen molar-refractivity contribution in [1.82, 2.24) is 0 Å². The molecule has 8 heteroatoms. The van der Waals surface area contributed by atoms with Gasteiger partial charge in [0, 0.05) is 5.75 Å². The van der Waals surface area contributed by atoms with E-state index in [4.69, 9.17) is 15.6 Å². The number of benzene rings is 1. The number of ether oxygens (including phenoxy) is 1. The van der Waals surface area contributed by atoms with Gasteiger partial charge in [0.15, 0.2) is 6.10 Å². The van der Waals surface area contributed by atoms with E-state index in [9.17, 15) is 14.4 Å². The average molecular weight is 324 g/mol. The molecule has 0 fully saturated rings. The van der Waals surface area contributed by atoms with E-state index < -0.39 is 18.0 Å². The Labute approximate surface area is 131 Å². The SMILES string of the molecule is NC(=O)C1CN(C(=O)CSCCC(=O)O)c2ccccc2O1. The Morgan fingerprint density at radius 1 is 1.36 bits per heavy atom. The average Bonchev–Trinajstić information content (AvgIpc) is 2.50. The van der Waals surface area contributed by atoms with Crippen molar-refractivity contribution in [2.75, 3.05) is 23.0 Å². The number of primary amides is 1. The summed E-state index contributed by atoms with van der Waals surface area (Å²) in [4.78, 5) is 35.6. The van der Waals surface area contributed by atoms with Gasteiger partial charge in [0.05, 0.1) is 24.4 Å². The normalized spacial score (nSPS) is 16.5. The number of thioether (sulfide) groups is 1. The molecule has 2 rings (SSSR count). The predicted octanol–water partition coefficient (Wildman–Crippen LogP) is 0.474. The molecule has 7 nitrogen and oxygen atoms in total. The Kier molecular flexibility index (Phi) is 5.26. The lowest BCUT2D eigenvalue weighted by atomic mass is 10.2. The third-order valence-corrected chi connectivity index (χ3v) is 4.02. The Morgan fingerprint density at radius 3 is 2.77 bits per heavy atom. The molecule has 1 atom stereocenters. The molecule has 1 unspecified atom stereocenters. The number of para-hydroxylation sites is 2. The second kappa shape index (κ2) is 7.17. The van der Waals surface area contributed by atoms with E-state index in [-0.39, 0.29) is 24.6 Å². The van der Waals surface area contributed by atoms with Crippen LogP contribution >= 0.6 is 11.8 Å². The van der Waals surface area contributed by atoms with Crippen molar-refractivity contribution in [3.63, 3.8) is 0 Å². The zero-order valence-electron chi connectivity index (χ0n) is 11.7. The Hall–Kier alpha value is -2.22. The van der Waals surface area contributed by atoms with Gasteiger partial charge in [0.1, 0.15) is 5.75 Å². The van der Waals surface area contributed by atoms with Crippen LogP contribution in [0.2, 0.25) is 0 Å². The number of hydrogen-bond acceptors (Lipinski definition) is 5. The first-order chi connectivity index (χ1) is 10.5. The van der Waals surface area contributed by atoms with Crippen LogP contribution < -0.4 is 15.4 Å². The zero-order valence-corrected chi connectivity index (χ0v) is 12.5. The molecule has 0 aliphatic carbocycles. The second-order valence-corrected chi connectivity index (χ2v) is 5.78. The summed E-state index contributed by atoms with van der Waals surface area (Å²) in [6.07, 6.45) is -0.885. The summed E-state index contributed by atoms with van der Waals surface area (Å²) >= 11 is 1.24. The quantitative estimate of drug-likeness (QED) is 0.736. The van der Waals surface area contributed by atoms with Crippen LogP contribution in [0.3, 0.4) is 0 Å². The van der Waals surface area contributed by atoms with Crippen LogP contribution in [0.25, 0.3) is 0 Å². The molecule has 1 aromatic carbocycles. The van der Waals surface area contributed by atoms with E-state index in [1.54, 1.807) is 24.3 Å². The van der Waals surface area contributed by atoms with Gasteiger partial charge in [-0.15, -0.1) is 0 Å². The second-order valence-electron chi connectivity index (χ2n) is 4.68. The van der Waals surface area contributed by atoms with Gasteiger partial charge in [-0.25, -0.2) is 0 Å². The smallest absolute Gasteiger partial charge is 0.304 e. The maximum Gasteiger partial charge on any atom is 0.304 e. The summed E-state index contributed by atoms with van der Waals surface area (Å²) in [6.45, 7) is 0.0602. The predicted molar refractivity (Wildman–Crippen MR) is 82.0 cm³/mol. The van der Waals surface area contributed by atoms with E-state index in [2.05, 4.69) is 0 Å². The van der Waals surface area contributed by atoms with Crippen molar-refractivity contribution >= 4 is 35.2 Å². The summed E-state index contributed by atoms with van der Waals surface area (Å²) in [5.74, 6) is -0.825. The highest BCUT2D eigenvalue weighted by Gasteiger charge is 2.32. The molecule has 0 aromatic heterocycles. The van der Waals surface area contributed by atoms with Crippen LogP contribution in [0, 0.1) is 0 Å². The number of anilines is 1. The lowest BCUT2D eigenvalue weighted by Gasteiger charge is -2.33. The number of aliphatic carboxylic acids is 1. The van der Waals surface area contributed by atoms with Crippen LogP contribution in [0.4, 0.5) is 5.69 Å². The molecule has 118 valence electrons. The molecule has 3 N–H and O–H groups in total. The van der Waals surface area contributed by atoms with Crippen molar-refractivity contribution in [3.8, 4) is 5.75 Å². The lowest BCUT2D eigenvalue weighted by molar-refractivity contribution is -0.136. The van der Waals surface area contributed by atoms with Crippen LogP contribution in [0.15, 0.2) is 24.3 Å². The molecule has 0 saturated heterocycles. The standard InChI is InChI=1S/C14H16N2O5S/c15-14(20)11-7-16(9-3-1-2-4-10(9)21-11)12(17)8-22-6-5-13(18)19/h1-4,11H,5-8H2,(H2,15,20)(H,18,19). The molecule has 2 amide bonds. The van der Waals surface area contributed by atoms with Gasteiger partial charge in [0.25, 0.3) is 5.91 Å². The number of nitrogens with two attached hydrogens (primary N) is 1. The molecule has 0 saturated carbocycles. The first-order valence-electron chi connectivity index (χ1n) is 6.64. The largest absolute Gasteiger partial charge is 0.481 e. The Balaban J connectivity index is 2.06. The Bertz CT molecular complexity index is 592. The number of fused-ring (bicyclic) bond motifs is 1. The molecule has 1 aliphatic rings. The van der Waals surface area contributed by atoms with Gasteiger partial charge < -0.3 is 20.5 Å². The fourth-order valence-electron chi connectivity index (χ4n) is 2.02. The van der Waals surface area contributed by atoms with Crippen molar-refractivity contribution in [1.29, 1.82) is 0 Å². The minimum Gasteiger partial charge on any atom is -0.481 e. The number of rotatable bonds is 6. The molecule has 0 radical (unpaired) electrons. The van der Waals surface area contributed by atoms with Gasteiger partial charge in [-0.05, 0) is 12.1 Å². The van der Waals surface area contributed by atoms with Gasteiger partial charge in [-0.2, -0.15) is 11.8 Å². The number of carbonyl (C=O) groups excluding carboxylic acids is 2. The van der Waals surface area contributed by atoms with Gasteiger partial charge in [-0.1, -0.05) is 12.1 Å². The number of nitrogens with zero attached hydrogens (tertiary/aromatic N) is 1. The van der Waals surface area contributed by atoms with E-state index in [1.807, 2.05) is 0 Å². The first kappa shape index (κ1) is 16.2. The highest BCUT2D eigenvalue weighted by Crippen LogP contribution is 2.33. The molecular weight excluding hydrogens is 308 g/mol. The van der Waals surface area contributed by atoms with Crippen molar-refractivity contribution < 1.29 is 24.2 Å². The van der Waals surface area contributed by atoms with Crippen LogP contribution in [0.5, 0.6) is 5.75 Å². The summed E-state index contributed by atoms with van der Waals surface area (Å²) in [5, 5.41) is 8.58. The summed E-state index contributed by atoms with van der Waals surface area (Å²) in [6, 6.07) is 6.91. The minimum absolute atomic E-state index is 0.00154. The van der Waals surface area contributed by atoms with Crippen molar-refractivity contribution in [2.45, 2.75) is 12.5 Å². The number of carbonyl (C=O) groups is 3. The fraction of sp³-hybridized carbons (Fsp3) is 0.357. The molecule has 22 heavy (non-hydrogen) atoms. The monoisotopic (exact) mass is 324 g/mol. The van der Waals surface area contributed by atoms with Gasteiger partial charge in [0.2, 0.25) is 5.91 Å². The van der Waals surface area contributed by atoms with Gasteiger partial charge in [-0.3, -0.25) is 14.4 Å². The molecule has 1 heterocycles. The maximum absolute atomic E-state index is 12.3. The third-order valence-electron chi connectivity index (χ3n) is 3.08. The zero-order chi connectivity index (χ0) is 16.1. The van der Waals surface area contributed by atoms with E-state index in [0.717, 1.165) is 0 Å². The highest BCUT2D eigenvalue weighted by atomic mass is 32.2. The molecule has 0 spiro atoms. The van der Waals surface area contributed by atoms with Crippen LogP contribution in [-0.2, 0) is 14.4 Å². The Morgan fingerprint density at radius 2 is 2.09 bits per heavy atom. The molecule has 0 bridgehead atoms. The highest BCUT2D eigenvalue weighted by molar-refractivity contribution is 7.99. The summed E-state index contributed by atoms with van der Waals surface area (Å²) < 4.78 is 5.48. The molecule has 1 aromatic rings. The van der Waals surface area contributed by atoms with E-state index in [1.165, 1.54) is 16.7 Å². The lowest BCUT2D eigenvalue weighted by Crippen LogP contribution is -2.49. The maximum atomic E-state index is 12.3. The topological polar surface area (TPSA) is 110 Å². The van der Waals surface area contributed by atoms with E-state index in [0.29, 0.717) is 17.2 Å². The minimum atomic E-state index is -0.898. The number of hydrogen-bond donors (Lipinski definition) is 2. The number of carboxylic acid groups (broad SMARTS) is 1. The molecule has 1 aliphatic heterocycles. The fourth-order valence-corrected chi connectivity index (χ4v) is 2.81. The van der Waals surface area contributed by atoms with Crippen molar-refractivity contribution in [3.05, 3.63) is 24.3 Å².